The maximum Gasteiger partial charge on any atom is 0.237 e. The van der Waals surface area contributed by atoms with Crippen LogP contribution < -0.4 is 10.6 Å². The molecule has 3 aliphatic rings. The number of carbonyl (C=O) groups excluding carboxylic acids is 1. The predicted octanol–water partition coefficient (Wildman–Crippen LogP) is 2.14. The molecule has 0 aromatic heterocycles. The van der Waals surface area contributed by atoms with Crippen molar-refractivity contribution in [3.63, 3.8) is 0 Å². The first-order valence-corrected chi connectivity index (χ1v) is 10.0. The first-order valence-electron chi connectivity index (χ1n) is 10.0. The van der Waals surface area contributed by atoms with Crippen molar-refractivity contribution in [2.24, 2.45) is 11.8 Å². The molecular formula is C19H38Cl2N4O. The van der Waals surface area contributed by atoms with Gasteiger partial charge in [-0.25, -0.2) is 0 Å². The number of likely N-dealkylation sites (N-methyl/N-ethyl adjacent to an activating group) is 1. The Labute approximate surface area is 171 Å². The molecule has 1 aliphatic carbocycles. The highest BCUT2D eigenvalue weighted by molar-refractivity contribution is 5.85. The highest BCUT2D eigenvalue weighted by atomic mass is 35.5. The van der Waals surface area contributed by atoms with Crippen molar-refractivity contribution in [3.05, 3.63) is 0 Å². The standard InChI is InChI=1S/C19H36N4O.2ClH/c1-22(2)11-12-23-9-7-15(8-10-23)14-20-19(24)18-13-16-5-3-4-6-17(16)21-18;;/h15-18,21H,3-14H2,1-2H3,(H,20,24);2*1H. The molecule has 26 heavy (non-hydrogen) atoms. The van der Waals surface area contributed by atoms with Gasteiger partial charge in [0.15, 0.2) is 0 Å². The molecule has 3 rings (SSSR count). The minimum absolute atomic E-state index is 0. The first kappa shape index (κ1) is 24.0. The van der Waals surface area contributed by atoms with Crippen LogP contribution in [0.15, 0.2) is 0 Å². The molecule has 2 aliphatic heterocycles. The van der Waals surface area contributed by atoms with Crippen molar-refractivity contribution in [3.8, 4) is 0 Å². The summed E-state index contributed by atoms with van der Waals surface area (Å²) in [6.07, 6.45) is 8.75. The van der Waals surface area contributed by atoms with Crippen LogP contribution in [0.4, 0.5) is 0 Å². The summed E-state index contributed by atoms with van der Waals surface area (Å²) in [5.74, 6) is 1.65. The van der Waals surface area contributed by atoms with Crippen LogP contribution in [0.5, 0.6) is 0 Å². The Morgan fingerprint density at radius 1 is 1.12 bits per heavy atom. The average molecular weight is 409 g/mol. The van der Waals surface area contributed by atoms with Gasteiger partial charge in [0.05, 0.1) is 6.04 Å². The van der Waals surface area contributed by atoms with Gasteiger partial charge in [-0.15, -0.1) is 24.8 Å². The second kappa shape index (κ2) is 11.7. The largest absolute Gasteiger partial charge is 0.354 e. The number of nitrogens with one attached hydrogen (secondary N) is 2. The Hall–Kier alpha value is -0.0700. The van der Waals surface area contributed by atoms with Crippen LogP contribution in [0.2, 0.25) is 0 Å². The number of nitrogens with zero attached hydrogens (tertiary/aromatic N) is 2. The molecule has 2 heterocycles. The van der Waals surface area contributed by atoms with Gasteiger partial charge in [-0.05, 0) is 71.1 Å². The lowest BCUT2D eigenvalue weighted by Crippen LogP contribution is -2.46. The highest BCUT2D eigenvalue weighted by Crippen LogP contribution is 2.33. The van der Waals surface area contributed by atoms with E-state index in [0.29, 0.717) is 12.0 Å². The van der Waals surface area contributed by atoms with Gasteiger partial charge in [-0.3, -0.25) is 4.79 Å². The van der Waals surface area contributed by atoms with E-state index in [4.69, 9.17) is 0 Å². The summed E-state index contributed by atoms with van der Waals surface area (Å²) >= 11 is 0. The topological polar surface area (TPSA) is 47.6 Å². The minimum atomic E-state index is 0. The Kier molecular flexibility index (Phi) is 10.8. The molecule has 1 saturated carbocycles. The van der Waals surface area contributed by atoms with E-state index >= 15 is 0 Å². The summed E-state index contributed by atoms with van der Waals surface area (Å²) in [5, 5.41) is 6.83. The molecule has 5 nitrogen and oxygen atoms in total. The molecule has 2 N–H and O–H groups in total. The first-order chi connectivity index (χ1) is 11.6. The molecule has 3 fully saturated rings. The number of rotatable bonds is 6. The number of carbonyl (C=O) groups is 1. The molecule has 0 radical (unpaired) electrons. The van der Waals surface area contributed by atoms with Crippen molar-refractivity contribution in [2.75, 3.05) is 46.8 Å². The van der Waals surface area contributed by atoms with E-state index < -0.39 is 0 Å². The quantitative estimate of drug-likeness (QED) is 0.706. The summed E-state index contributed by atoms with van der Waals surface area (Å²) < 4.78 is 0. The van der Waals surface area contributed by atoms with E-state index in [1.165, 1.54) is 58.2 Å². The van der Waals surface area contributed by atoms with Gasteiger partial charge in [0.25, 0.3) is 0 Å². The highest BCUT2D eigenvalue weighted by Gasteiger charge is 2.38. The number of piperidine rings is 1. The van der Waals surface area contributed by atoms with E-state index in [2.05, 4.69) is 34.5 Å². The van der Waals surface area contributed by atoms with E-state index in [1.54, 1.807) is 0 Å². The molecular weight excluding hydrogens is 371 g/mol. The Bertz CT molecular complexity index is 402. The fraction of sp³-hybridized carbons (Fsp3) is 0.947. The summed E-state index contributed by atoms with van der Waals surface area (Å²) in [5.41, 5.74) is 0. The molecule has 0 spiro atoms. The zero-order valence-corrected chi connectivity index (χ0v) is 18.0. The van der Waals surface area contributed by atoms with Crippen molar-refractivity contribution >= 4 is 30.7 Å². The lowest BCUT2D eigenvalue weighted by molar-refractivity contribution is -0.123. The summed E-state index contributed by atoms with van der Waals surface area (Å²) in [6, 6.07) is 0.674. The minimum Gasteiger partial charge on any atom is -0.354 e. The van der Waals surface area contributed by atoms with E-state index in [1.807, 2.05) is 0 Å². The zero-order chi connectivity index (χ0) is 16.9. The maximum atomic E-state index is 12.5. The number of likely N-dealkylation sites (tertiary alicyclic amines) is 1. The molecule has 3 unspecified atom stereocenters. The Balaban J connectivity index is 0.00000169. The molecule has 0 aromatic rings. The third-order valence-electron chi connectivity index (χ3n) is 6.31. The Morgan fingerprint density at radius 2 is 1.81 bits per heavy atom. The molecule has 0 aromatic carbocycles. The van der Waals surface area contributed by atoms with Gasteiger partial charge in [0.2, 0.25) is 5.91 Å². The summed E-state index contributed by atoms with van der Waals surface area (Å²) in [7, 11) is 4.27. The molecule has 3 atom stereocenters. The van der Waals surface area contributed by atoms with Crippen molar-refractivity contribution < 1.29 is 4.79 Å². The Morgan fingerprint density at radius 3 is 2.46 bits per heavy atom. The van der Waals surface area contributed by atoms with Crippen LogP contribution in [-0.4, -0.2) is 74.6 Å². The van der Waals surface area contributed by atoms with E-state index in [-0.39, 0.29) is 36.8 Å². The van der Waals surface area contributed by atoms with Gasteiger partial charge in [-0.1, -0.05) is 12.8 Å². The van der Waals surface area contributed by atoms with Crippen LogP contribution in [0.1, 0.15) is 44.9 Å². The monoisotopic (exact) mass is 408 g/mol. The van der Waals surface area contributed by atoms with Crippen LogP contribution in [0, 0.1) is 11.8 Å². The van der Waals surface area contributed by atoms with Crippen molar-refractivity contribution in [1.29, 1.82) is 0 Å². The van der Waals surface area contributed by atoms with E-state index in [9.17, 15) is 4.79 Å². The molecule has 0 bridgehead atoms. The fourth-order valence-electron chi connectivity index (χ4n) is 4.64. The van der Waals surface area contributed by atoms with Crippen LogP contribution >= 0.6 is 24.8 Å². The van der Waals surface area contributed by atoms with Gasteiger partial charge in [0, 0.05) is 25.7 Å². The maximum absolute atomic E-state index is 12.5. The SMILES string of the molecule is CN(C)CCN1CCC(CNC(=O)C2CC3CCCCC3N2)CC1.Cl.Cl. The lowest BCUT2D eigenvalue weighted by Gasteiger charge is -2.32. The van der Waals surface area contributed by atoms with E-state index in [0.717, 1.165) is 25.4 Å². The number of amides is 1. The summed E-state index contributed by atoms with van der Waals surface area (Å²) in [4.78, 5) is 17.3. The second-order valence-corrected chi connectivity index (χ2v) is 8.44. The van der Waals surface area contributed by atoms with Gasteiger partial charge in [0.1, 0.15) is 0 Å². The van der Waals surface area contributed by atoms with Gasteiger partial charge in [-0.2, -0.15) is 0 Å². The smallest absolute Gasteiger partial charge is 0.237 e. The van der Waals surface area contributed by atoms with Crippen molar-refractivity contribution in [2.45, 2.75) is 57.0 Å². The van der Waals surface area contributed by atoms with Crippen LogP contribution in [0.25, 0.3) is 0 Å². The normalized spacial score (nSPS) is 29.6. The van der Waals surface area contributed by atoms with Gasteiger partial charge >= 0.3 is 0 Å². The van der Waals surface area contributed by atoms with Gasteiger partial charge < -0.3 is 20.4 Å². The number of hydrogen-bond acceptors (Lipinski definition) is 4. The van der Waals surface area contributed by atoms with Crippen LogP contribution in [-0.2, 0) is 4.79 Å². The predicted molar refractivity (Wildman–Crippen MR) is 113 cm³/mol. The number of halogens is 2. The van der Waals surface area contributed by atoms with Crippen molar-refractivity contribution in [1.82, 2.24) is 20.4 Å². The molecule has 154 valence electrons. The third-order valence-corrected chi connectivity index (χ3v) is 6.31. The second-order valence-electron chi connectivity index (χ2n) is 8.44. The molecule has 1 amide bonds. The van der Waals surface area contributed by atoms with Crippen LogP contribution in [0.3, 0.4) is 0 Å². The average Bonchev–Trinajstić information content (AvgIpc) is 3.03. The summed E-state index contributed by atoms with van der Waals surface area (Å²) in [6.45, 7) is 5.53. The number of hydrogen-bond donors (Lipinski definition) is 2. The number of fused-ring (bicyclic) bond motifs is 1. The molecule has 2 saturated heterocycles. The lowest BCUT2D eigenvalue weighted by atomic mass is 9.85. The third kappa shape index (κ3) is 6.83. The molecule has 7 heteroatoms. The zero-order valence-electron chi connectivity index (χ0n) is 16.4. The fourth-order valence-corrected chi connectivity index (χ4v) is 4.64.